The van der Waals surface area contributed by atoms with E-state index in [9.17, 15) is 14.0 Å². The number of carbonyl (C=O) groups excluding carboxylic acids is 1. The van der Waals surface area contributed by atoms with Gasteiger partial charge >= 0.3 is 5.97 Å². The number of halogens is 2. The van der Waals surface area contributed by atoms with E-state index < -0.39 is 5.97 Å². The Labute approximate surface area is 194 Å². The van der Waals surface area contributed by atoms with Crippen molar-refractivity contribution in [3.63, 3.8) is 0 Å². The molecule has 0 aliphatic carbocycles. The Morgan fingerprint density at radius 2 is 1.64 bits per heavy atom. The van der Waals surface area contributed by atoms with Crippen LogP contribution < -0.4 is 0 Å². The summed E-state index contributed by atoms with van der Waals surface area (Å²) in [7, 11) is 0. The second-order valence-corrected chi connectivity index (χ2v) is 8.04. The SMILES string of the molecule is O=C(O)c1coc(CN2CCN(C(=O)C=C(c3ccc(F)cc3)c3ccc(Cl)cc3)CC2)n1. The quantitative estimate of drug-likeness (QED) is 0.550. The number of oxazole rings is 1. The summed E-state index contributed by atoms with van der Waals surface area (Å²) in [6.07, 6.45) is 2.69. The Morgan fingerprint density at radius 1 is 1.03 bits per heavy atom. The van der Waals surface area contributed by atoms with E-state index >= 15 is 0 Å². The molecular formula is C24H21ClFN3O4. The standard InChI is InChI=1S/C24H21ClFN3O4/c25-18-5-1-16(2-6-18)20(17-3-7-19(26)8-4-17)13-23(30)29-11-9-28(10-12-29)14-22-27-21(15-33-22)24(31)32/h1-8,13,15H,9-12,14H2,(H,31,32). The molecule has 0 unspecified atom stereocenters. The van der Waals surface area contributed by atoms with E-state index in [1.165, 1.54) is 12.1 Å². The third kappa shape index (κ3) is 5.66. The third-order valence-electron chi connectivity index (χ3n) is 5.39. The molecule has 1 N–H and O–H groups in total. The van der Waals surface area contributed by atoms with Crippen LogP contribution in [0.2, 0.25) is 5.02 Å². The van der Waals surface area contributed by atoms with Gasteiger partial charge in [-0.2, -0.15) is 0 Å². The zero-order chi connectivity index (χ0) is 23.4. The van der Waals surface area contributed by atoms with Crippen LogP contribution in [-0.2, 0) is 11.3 Å². The fourth-order valence-corrected chi connectivity index (χ4v) is 3.73. The van der Waals surface area contributed by atoms with E-state index in [2.05, 4.69) is 4.98 Å². The second-order valence-electron chi connectivity index (χ2n) is 7.60. The average Bonchev–Trinajstić information content (AvgIpc) is 3.28. The number of amides is 1. The molecule has 1 saturated heterocycles. The number of carboxylic acids is 1. The number of rotatable bonds is 6. The predicted molar refractivity (Wildman–Crippen MR) is 120 cm³/mol. The molecule has 170 valence electrons. The monoisotopic (exact) mass is 469 g/mol. The van der Waals surface area contributed by atoms with Gasteiger partial charge in [0, 0.05) is 37.3 Å². The largest absolute Gasteiger partial charge is 0.476 e. The first-order chi connectivity index (χ1) is 15.9. The number of nitrogens with zero attached hydrogens (tertiary/aromatic N) is 3. The highest BCUT2D eigenvalue weighted by Gasteiger charge is 2.22. The summed E-state index contributed by atoms with van der Waals surface area (Å²) >= 11 is 6.01. The molecule has 9 heteroatoms. The molecule has 1 aromatic heterocycles. The fourth-order valence-electron chi connectivity index (χ4n) is 3.61. The van der Waals surface area contributed by atoms with Gasteiger partial charge in [-0.05, 0) is 41.0 Å². The minimum absolute atomic E-state index is 0.125. The minimum atomic E-state index is -1.13. The Hall–Kier alpha value is -3.49. The van der Waals surface area contributed by atoms with Gasteiger partial charge in [0.05, 0.1) is 6.54 Å². The smallest absolute Gasteiger partial charge is 0.357 e. The van der Waals surface area contributed by atoms with Crippen LogP contribution in [-0.4, -0.2) is 57.9 Å². The molecule has 0 bridgehead atoms. The van der Waals surface area contributed by atoms with Crippen LogP contribution in [0.3, 0.4) is 0 Å². The number of hydrogen-bond acceptors (Lipinski definition) is 5. The van der Waals surface area contributed by atoms with Gasteiger partial charge in [0.25, 0.3) is 0 Å². The van der Waals surface area contributed by atoms with E-state index in [0.717, 1.165) is 17.4 Å². The van der Waals surface area contributed by atoms with Crippen molar-refractivity contribution in [3.05, 3.63) is 94.4 Å². The molecule has 0 radical (unpaired) electrons. The molecule has 2 aromatic carbocycles. The molecule has 3 aromatic rings. The number of carbonyl (C=O) groups is 2. The summed E-state index contributed by atoms with van der Waals surface area (Å²) in [6, 6.07) is 13.1. The van der Waals surface area contributed by atoms with E-state index in [0.29, 0.717) is 49.2 Å². The Morgan fingerprint density at radius 3 is 2.21 bits per heavy atom. The van der Waals surface area contributed by atoms with E-state index in [-0.39, 0.29) is 17.4 Å². The van der Waals surface area contributed by atoms with Crippen molar-refractivity contribution in [2.24, 2.45) is 0 Å². The lowest BCUT2D eigenvalue weighted by Crippen LogP contribution is -2.47. The van der Waals surface area contributed by atoms with Crippen molar-refractivity contribution in [1.29, 1.82) is 0 Å². The topological polar surface area (TPSA) is 86.9 Å². The average molecular weight is 470 g/mol. The van der Waals surface area contributed by atoms with Gasteiger partial charge in [0.15, 0.2) is 5.69 Å². The van der Waals surface area contributed by atoms with Crippen molar-refractivity contribution >= 4 is 29.1 Å². The predicted octanol–water partition coefficient (Wildman–Crippen LogP) is 3.94. The molecule has 4 rings (SSSR count). The third-order valence-corrected chi connectivity index (χ3v) is 5.64. The number of aromatic carboxylic acids is 1. The lowest BCUT2D eigenvalue weighted by molar-refractivity contribution is -0.127. The molecule has 1 aliphatic heterocycles. The maximum atomic E-state index is 13.4. The summed E-state index contributed by atoms with van der Waals surface area (Å²) in [5.41, 5.74) is 2.08. The van der Waals surface area contributed by atoms with Gasteiger partial charge in [-0.1, -0.05) is 35.9 Å². The molecule has 0 saturated carbocycles. The molecule has 0 spiro atoms. The van der Waals surface area contributed by atoms with Crippen LogP contribution in [0.25, 0.3) is 5.57 Å². The molecule has 1 amide bonds. The van der Waals surface area contributed by atoms with Crippen molar-refractivity contribution in [1.82, 2.24) is 14.8 Å². The molecule has 1 aliphatic rings. The van der Waals surface area contributed by atoms with Gasteiger partial charge < -0.3 is 14.4 Å². The van der Waals surface area contributed by atoms with Crippen LogP contribution in [0.15, 0.2) is 65.3 Å². The Kier molecular flexibility index (Phi) is 6.86. The first kappa shape index (κ1) is 22.7. The molecule has 2 heterocycles. The Balaban J connectivity index is 1.46. The van der Waals surface area contributed by atoms with Crippen molar-refractivity contribution in [2.45, 2.75) is 6.54 Å². The lowest BCUT2D eigenvalue weighted by Gasteiger charge is -2.33. The van der Waals surface area contributed by atoms with Crippen LogP contribution in [0, 0.1) is 5.82 Å². The van der Waals surface area contributed by atoms with E-state index in [1.54, 1.807) is 35.2 Å². The minimum Gasteiger partial charge on any atom is -0.476 e. The summed E-state index contributed by atoms with van der Waals surface area (Å²) in [5, 5.41) is 9.54. The highest BCUT2D eigenvalue weighted by atomic mass is 35.5. The first-order valence-corrected chi connectivity index (χ1v) is 10.7. The number of benzene rings is 2. The number of hydrogen-bond donors (Lipinski definition) is 1. The normalized spacial score (nSPS) is 15.0. The molecule has 33 heavy (non-hydrogen) atoms. The molecular weight excluding hydrogens is 449 g/mol. The Bertz CT molecular complexity index is 1120. The van der Waals surface area contributed by atoms with Crippen LogP contribution in [0.4, 0.5) is 4.39 Å². The fraction of sp³-hybridized carbons (Fsp3) is 0.208. The second kappa shape index (κ2) is 9.97. The van der Waals surface area contributed by atoms with Gasteiger partial charge in [0.2, 0.25) is 11.8 Å². The summed E-state index contributed by atoms with van der Waals surface area (Å²) < 4.78 is 18.6. The van der Waals surface area contributed by atoms with Crippen molar-refractivity contribution < 1.29 is 23.5 Å². The zero-order valence-corrected chi connectivity index (χ0v) is 18.3. The summed E-state index contributed by atoms with van der Waals surface area (Å²) in [6.45, 7) is 2.56. The molecule has 7 nitrogen and oxygen atoms in total. The highest BCUT2D eigenvalue weighted by Crippen LogP contribution is 2.25. The van der Waals surface area contributed by atoms with E-state index in [4.69, 9.17) is 21.1 Å². The molecule has 1 fully saturated rings. The van der Waals surface area contributed by atoms with Gasteiger partial charge in [-0.3, -0.25) is 9.69 Å². The van der Waals surface area contributed by atoms with Crippen molar-refractivity contribution in [3.8, 4) is 0 Å². The van der Waals surface area contributed by atoms with Gasteiger partial charge in [0.1, 0.15) is 12.1 Å². The first-order valence-electron chi connectivity index (χ1n) is 10.3. The zero-order valence-electron chi connectivity index (χ0n) is 17.6. The summed E-state index contributed by atoms with van der Waals surface area (Å²) in [4.78, 5) is 31.7. The number of carboxylic acid groups (broad SMARTS) is 1. The lowest BCUT2D eigenvalue weighted by atomic mass is 9.97. The maximum Gasteiger partial charge on any atom is 0.357 e. The highest BCUT2D eigenvalue weighted by molar-refractivity contribution is 6.30. The maximum absolute atomic E-state index is 13.4. The van der Waals surface area contributed by atoms with Crippen molar-refractivity contribution in [2.75, 3.05) is 26.2 Å². The van der Waals surface area contributed by atoms with Crippen LogP contribution >= 0.6 is 11.6 Å². The summed E-state index contributed by atoms with van der Waals surface area (Å²) in [5.74, 6) is -1.30. The van der Waals surface area contributed by atoms with Crippen LogP contribution in [0.1, 0.15) is 27.5 Å². The van der Waals surface area contributed by atoms with E-state index in [1.807, 2.05) is 17.0 Å². The molecule has 0 atom stereocenters. The van der Waals surface area contributed by atoms with Gasteiger partial charge in [-0.15, -0.1) is 0 Å². The number of aromatic nitrogens is 1. The number of piperazine rings is 1. The van der Waals surface area contributed by atoms with Gasteiger partial charge in [-0.25, -0.2) is 14.2 Å². The van der Waals surface area contributed by atoms with Crippen LogP contribution in [0.5, 0.6) is 0 Å².